The van der Waals surface area contributed by atoms with Crippen LogP contribution in [0.1, 0.15) is 24.9 Å². The molecule has 1 aromatic carbocycles. The smallest absolute Gasteiger partial charge is 0.0320 e. The number of likely N-dealkylation sites (N-methyl/N-ethyl adjacent to an activating group) is 1. The van der Waals surface area contributed by atoms with Crippen LogP contribution in [0.2, 0.25) is 0 Å². The van der Waals surface area contributed by atoms with Gasteiger partial charge in [0.05, 0.1) is 0 Å². The highest BCUT2D eigenvalue weighted by molar-refractivity contribution is 9.10. The summed E-state index contributed by atoms with van der Waals surface area (Å²) < 4.78 is 1.15. The van der Waals surface area contributed by atoms with E-state index in [2.05, 4.69) is 64.4 Å². The minimum absolute atomic E-state index is 0.520. The molecule has 0 radical (unpaired) electrons. The Hall–Kier alpha value is -0.380. The summed E-state index contributed by atoms with van der Waals surface area (Å²) in [5, 5.41) is 3.36. The predicted molar refractivity (Wildman–Crippen MR) is 71.6 cm³/mol. The highest BCUT2D eigenvalue weighted by atomic mass is 79.9. The lowest BCUT2D eigenvalue weighted by Gasteiger charge is -2.24. The van der Waals surface area contributed by atoms with E-state index in [-0.39, 0.29) is 0 Å². The first-order chi connectivity index (χ1) is 7.70. The summed E-state index contributed by atoms with van der Waals surface area (Å²) in [4.78, 5) is 2.55. The molecule has 0 aromatic heterocycles. The Morgan fingerprint density at radius 2 is 2.06 bits per heavy atom. The average Bonchev–Trinajstić information content (AvgIpc) is 2.77. The molecule has 1 fully saturated rings. The molecule has 0 aliphatic carbocycles. The van der Waals surface area contributed by atoms with Crippen LogP contribution in [0.3, 0.4) is 0 Å². The molecular formula is C13H19BrN2. The Morgan fingerprint density at radius 3 is 2.62 bits per heavy atom. The van der Waals surface area contributed by atoms with E-state index >= 15 is 0 Å². The van der Waals surface area contributed by atoms with Gasteiger partial charge in [-0.25, -0.2) is 0 Å². The number of halogens is 1. The molecule has 2 atom stereocenters. The maximum absolute atomic E-state index is 3.48. The molecule has 2 unspecified atom stereocenters. The third-order valence-electron chi connectivity index (χ3n) is 3.53. The Morgan fingerprint density at radius 1 is 1.38 bits per heavy atom. The van der Waals surface area contributed by atoms with Gasteiger partial charge in [0.1, 0.15) is 0 Å². The fourth-order valence-electron chi connectivity index (χ4n) is 2.33. The molecule has 1 heterocycles. The van der Waals surface area contributed by atoms with Gasteiger partial charge < -0.3 is 5.32 Å². The second-order valence-corrected chi connectivity index (χ2v) is 5.41. The number of nitrogens with zero attached hydrogens (tertiary/aromatic N) is 1. The zero-order chi connectivity index (χ0) is 11.5. The molecule has 0 bridgehead atoms. The van der Waals surface area contributed by atoms with E-state index in [4.69, 9.17) is 0 Å². The largest absolute Gasteiger partial charge is 0.316 e. The van der Waals surface area contributed by atoms with Crippen molar-refractivity contribution in [1.82, 2.24) is 10.2 Å². The van der Waals surface area contributed by atoms with Crippen molar-refractivity contribution < 1.29 is 0 Å². The summed E-state index contributed by atoms with van der Waals surface area (Å²) in [7, 11) is 2.05. The minimum Gasteiger partial charge on any atom is -0.316 e. The lowest BCUT2D eigenvalue weighted by Crippen LogP contribution is -2.31. The van der Waals surface area contributed by atoms with Gasteiger partial charge in [-0.1, -0.05) is 28.1 Å². The monoisotopic (exact) mass is 282 g/mol. The van der Waals surface area contributed by atoms with E-state index in [0.29, 0.717) is 12.1 Å². The van der Waals surface area contributed by atoms with Gasteiger partial charge in [0.2, 0.25) is 0 Å². The zero-order valence-corrected chi connectivity index (χ0v) is 11.5. The Kier molecular flexibility index (Phi) is 4.00. The summed E-state index contributed by atoms with van der Waals surface area (Å²) >= 11 is 3.48. The standard InChI is InChI=1S/C13H19BrN2/c1-10(11-3-5-12(14)6-4-11)16-8-7-13(9-16)15-2/h3-6,10,13,15H,7-9H2,1-2H3. The second-order valence-electron chi connectivity index (χ2n) is 4.50. The highest BCUT2D eigenvalue weighted by Crippen LogP contribution is 2.25. The third kappa shape index (κ3) is 2.65. The predicted octanol–water partition coefficient (Wildman–Crippen LogP) is 2.80. The van der Waals surface area contributed by atoms with Crippen LogP contribution in [-0.4, -0.2) is 31.1 Å². The summed E-state index contributed by atoms with van der Waals surface area (Å²) in [6, 6.07) is 9.85. The van der Waals surface area contributed by atoms with Gasteiger partial charge in [0.25, 0.3) is 0 Å². The van der Waals surface area contributed by atoms with Crippen molar-refractivity contribution in [3.63, 3.8) is 0 Å². The van der Waals surface area contributed by atoms with Gasteiger partial charge >= 0.3 is 0 Å². The van der Waals surface area contributed by atoms with Crippen molar-refractivity contribution in [2.45, 2.75) is 25.4 Å². The zero-order valence-electron chi connectivity index (χ0n) is 9.91. The maximum atomic E-state index is 3.48. The van der Waals surface area contributed by atoms with Crippen molar-refractivity contribution in [3.05, 3.63) is 34.3 Å². The normalized spacial score (nSPS) is 23.6. The van der Waals surface area contributed by atoms with Crippen molar-refractivity contribution in [3.8, 4) is 0 Å². The van der Waals surface area contributed by atoms with Crippen LogP contribution in [-0.2, 0) is 0 Å². The van der Waals surface area contributed by atoms with E-state index in [1.54, 1.807) is 0 Å². The van der Waals surface area contributed by atoms with Gasteiger partial charge in [0, 0.05) is 29.6 Å². The fraction of sp³-hybridized carbons (Fsp3) is 0.538. The van der Waals surface area contributed by atoms with Gasteiger partial charge in [-0.2, -0.15) is 0 Å². The van der Waals surface area contributed by atoms with Crippen LogP contribution in [0.4, 0.5) is 0 Å². The van der Waals surface area contributed by atoms with Crippen molar-refractivity contribution >= 4 is 15.9 Å². The molecule has 1 aromatic rings. The van der Waals surface area contributed by atoms with Crippen molar-refractivity contribution in [1.29, 1.82) is 0 Å². The molecule has 2 rings (SSSR count). The summed E-state index contributed by atoms with van der Waals surface area (Å²) in [6.45, 7) is 4.65. The van der Waals surface area contributed by atoms with Gasteiger partial charge in [-0.05, 0) is 38.1 Å². The first-order valence-corrected chi connectivity index (χ1v) is 6.67. The number of rotatable bonds is 3. The lowest BCUT2D eigenvalue weighted by molar-refractivity contribution is 0.257. The second kappa shape index (κ2) is 5.30. The summed E-state index contributed by atoms with van der Waals surface area (Å²) in [5.41, 5.74) is 1.40. The molecule has 1 saturated heterocycles. The molecule has 1 N–H and O–H groups in total. The van der Waals surface area contributed by atoms with Crippen LogP contribution in [0, 0.1) is 0 Å². The molecule has 3 heteroatoms. The van der Waals surface area contributed by atoms with E-state index in [1.165, 1.54) is 18.5 Å². The Balaban J connectivity index is 2.02. The van der Waals surface area contributed by atoms with E-state index in [1.807, 2.05) is 0 Å². The maximum Gasteiger partial charge on any atom is 0.0320 e. The average molecular weight is 283 g/mol. The molecule has 0 saturated carbocycles. The number of likely N-dealkylation sites (tertiary alicyclic amines) is 1. The summed E-state index contributed by atoms with van der Waals surface area (Å²) in [6.07, 6.45) is 1.26. The van der Waals surface area contributed by atoms with E-state index in [0.717, 1.165) is 11.0 Å². The Bertz CT molecular complexity index is 336. The lowest BCUT2D eigenvalue weighted by atomic mass is 10.1. The third-order valence-corrected chi connectivity index (χ3v) is 4.06. The molecular weight excluding hydrogens is 264 g/mol. The van der Waals surface area contributed by atoms with Crippen molar-refractivity contribution in [2.24, 2.45) is 0 Å². The van der Waals surface area contributed by atoms with Crippen LogP contribution < -0.4 is 5.32 Å². The van der Waals surface area contributed by atoms with E-state index in [9.17, 15) is 0 Å². The quantitative estimate of drug-likeness (QED) is 0.917. The van der Waals surface area contributed by atoms with Gasteiger partial charge in [-0.15, -0.1) is 0 Å². The fourth-order valence-corrected chi connectivity index (χ4v) is 2.59. The molecule has 88 valence electrons. The van der Waals surface area contributed by atoms with Gasteiger partial charge in [0.15, 0.2) is 0 Å². The van der Waals surface area contributed by atoms with Crippen LogP contribution in [0.25, 0.3) is 0 Å². The molecule has 1 aliphatic rings. The van der Waals surface area contributed by atoms with Crippen LogP contribution >= 0.6 is 15.9 Å². The van der Waals surface area contributed by atoms with Crippen molar-refractivity contribution in [2.75, 3.05) is 20.1 Å². The molecule has 0 spiro atoms. The number of hydrogen-bond donors (Lipinski definition) is 1. The molecule has 0 amide bonds. The number of benzene rings is 1. The minimum atomic E-state index is 0.520. The molecule has 2 nitrogen and oxygen atoms in total. The van der Waals surface area contributed by atoms with E-state index < -0.39 is 0 Å². The number of nitrogens with one attached hydrogen (secondary N) is 1. The first kappa shape index (κ1) is 12.1. The van der Waals surface area contributed by atoms with Crippen LogP contribution in [0.5, 0.6) is 0 Å². The van der Waals surface area contributed by atoms with Gasteiger partial charge in [-0.3, -0.25) is 4.90 Å². The first-order valence-electron chi connectivity index (χ1n) is 5.87. The molecule has 16 heavy (non-hydrogen) atoms. The summed E-state index contributed by atoms with van der Waals surface area (Å²) in [5.74, 6) is 0. The molecule has 1 aliphatic heterocycles. The SMILES string of the molecule is CNC1CCN(C(C)c2ccc(Br)cc2)C1. The number of hydrogen-bond acceptors (Lipinski definition) is 2. The topological polar surface area (TPSA) is 15.3 Å². The van der Waals surface area contributed by atoms with Crippen LogP contribution in [0.15, 0.2) is 28.7 Å². The Labute approximate surface area is 106 Å². The highest BCUT2D eigenvalue weighted by Gasteiger charge is 2.25.